The lowest BCUT2D eigenvalue weighted by Gasteiger charge is -2.24. The Morgan fingerprint density at radius 2 is 1.10 bits per heavy atom. The molecule has 0 aromatic rings. The van der Waals surface area contributed by atoms with E-state index in [1.807, 2.05) is 21.1 Å². The summed E-state index contributed by atoms with van der Waals surface area (Å²) >= 11 is 0. The molecule has 0 amide bonds. The Balaban J connectivity index is 3.45. The molecule has 234 valence electrons. The van der Waals surface area contributed by atoms with Crippen LogP contribution in [-0.4, -0.2) is 74.1 Å². The summed E-state index contributed by atoms with van der Waals surface area (Å²) in [6, 6.07) is 0. The number of carbonyl (C=O) groups excluding carboxylic acids is 1. The van der Waals surface area contributed by atoms with Crippen LogP contribution in [0.3, 0.4) is 0 Å². The first kappa shape index (κ1) is 38.5. The van der Waals surface area contributed by atoms with Crippen molar-refractivity contribution in [3.05, 3.63) is 0 Å². The number of aliphatic hydroxyl groups is 1. The first-order chi connectivity index (χ1) is 18.6. The van der Waals surface area contributed by atoms with Gasteiger partial charge in [-0.2, -0.15) is 0 Å². The van der Waals surface area contributed by atoms with Gasteiger partial charge in [0, 0.05) is 6.42 Å². The van der Waals surface area contributed by atoms with Gasteiger partial charge in [-0.05, 0) is 6.42 Å². The molecule has 0 heterocycles. The molecule has 0 bridgehead atoms. The van der Waals surface area contributed by atoms with Crippen molar-refractivity contribution >= 4 is 13.8 Å². The maximum absolute atomic E-state index is 11.9. The fraction of sp³-hybridized carbons (Fsp3) is 0.967. The Morgan fingerprint density at radius 3 is 1.51 bits per heavy atom. The summed E-state index contributed by atoms with van der Waals surface area (Å²) in [5.41, 5.74) is 0. The van der Waals surface area contributed by atoms with Gasteiger partial charge in [-0.15, -0.1) is 0 Å². The number of phosphoric acid groups is 1. The Bertz CT molecular complexity index is 613. The highest BCUT2D eigenvalue weighted by molar-refractivity contribution is 7.47. The molecule has 1 unspecified atom stereocenters. The number of ether oxygens (including phenoxy) is 1. The molecular weight excluding hydrogens is 517 g/mol. The summed E-state index contributed by atoms with van der Waals surface area (Å²) in [6.07, 6.45) is 24.0. The largest absolute Gasteiger partial charge is 0.472 e. The Kier molecular flexibility index (Phi) is 24.9. The van der Waals surface area contributed by atoms with Crippen molar-refractivity contribution in [2.75, 3.05) is 47.5 Å². The van der Waals surface area contributed by atoms with E-state index in [1.165, 1.54) is 103 Å². The maximum atomic E-state index is 11.9. The minimum absolute atomic E-state index is 0.0573. The van der Waals surface area contributed by atoms with Gasteiger partial charge in [-0.1, -0.05) is 122 Å². The van der Waals surface area contributed by atoms with E-state index in [1.54, 1.807) is 0 Å². The number of rotatable bonds is 29. The summed E-state index contributed by atoms with van der Waals surface area (Å²) < 4.78 is 27.1. The zero-order valence-electron chi connectivity index (χ0n) is 25.9. The van der Waals surface area contributed by atoms with Gasteiger partial charge >= 0.3 is 13.8 Å². The van der Waals surface area contributed by atoms with Gasteiger partial charge < -0.3 is 19.2 Å². The van der Waals surface area contributed by atoms with E-state index in [2.05, 4.69) is 6.92 Å². The average molecular weight is 581 g/mol. The zero-order valence-corrected chi connectivity index (χ0v) is 26.8. The van der Waals surface area contributed by atoms with Crippen molar-refractivity contribution < 1.29 is 37.6 Å². The van der Waals surface area contributed by atoms with E-state index in [0.717, 1.165) is 19.3 Å². The number of quaternary nitrogens is 1. The number of esters is 1. The highest BCUT2D eigenvalue weighted by Gasteiger charge is 2.24. The van der Waals surface area contributed by atoms with Crippen LogP contribution in [0.1, 0.15) is 135 Å². The van der Waals surface area contributed by atoms with Gasteiger partial charge in [0.05, 0.1) is 27.7 Å². The molecule has 0 aliphatic heterocycles. The maximum Gasteiger partial charge on any atom is 0.472 e. The molecule has 0 aromatic heterocycles. The number of likely N-dealkylation sites (N-methyl/N-ethyl adjacent to an activating group) is 1. The normalized spacial score (nSPS) is 14.3. The first-order valence-corrected chi connectivity index (χ1v) is 17.3. The molecule has 0 aliphatic rings. The second-order valence-corrected chi connectivity index (χ2v) is 13.5. The fourth-order valence-electron chi connectivity index (χ4n) is 4.30. The van der Waals surface area contributed by atoms with Crippen LogP contribution in [0.5, 0.6) is 0 Å². The van der Waals surface area contributed by atoms with E-state index in [-0.39, 0.29) is 19.2 Å². The van der Waals surface area contributed by atoms with Crippen molar-refractivity contribution in [2.24, 2.45) is 0 Å². The van der Waals surface area contributed by atoms with Gasteiger partial charge in [-0.25, -0.2) is 4.57 Å². The third kappa shape index (κ3) is 30.3. The molecule has 2 N–H and O–H groups in total. The van der Waals surface area contributed by atoms with Crippen molar-refractivity contribution in [1.29, 1.82) is 0 Å². The molecule has 0 aromatic carbocycles. The first-order valence-electron chi connectivity index (χ1n) is 15.8. The molecule has 2 atom stereocenters. The second kappa shape index (κ2) is 25.2. The van der Waals surface area contributed by atoms with Crippen molar-refractivity contribution in [2.45, 2.75) is 141 Å². The Labute approximate surface area is 240 Å². The highest BCUT2D eigenvalue weighted by Crippen LogP contribution is 2.43. The molecule has 0 aliphatic carbocycles. The highest BCUT2D eigenvalue weighted by atomic mass is 31.2. The molecular formula is C30H63NO7P+. The van der Waals surface area contributed by atoms with Gasteiger partial charge in [0.1, 0.15) is 25.9 Å². The minimum atomic E-state index is -4.24. The fourth-order valence-corrected chi connectivity index (χ4v) is 5.05. The zero-order chi connectivity index (χ0) is 29.2. The number of hydrogen-bond donors (Lipinski definition) is 2. The molecule has 0 saturated carbocycles. The van der Waals surface area contributed by atoms with Crippen LogP contribution < -0.4 is 0 Å². The van der Waals surface area contributed by atoms with Gasteiger partial charge in [0.25, 0.3) is 0 Å². The van der Waals surface area contributed by atoms with Gasteiger partial charge in [-0.3, -0.25) is 13.8 Å². The lowest BCUT2D eigenvalue weighted by Crippen LogP contribution is -2.37. The van der Waals surface area contributed by atoms with Crippen LogP contribution in [0, 0.1) is 0 Å². The molecule has 39 heavy (non-hydrogen) atoms. The average Bonchev–Trinajstić information content (AvgIpc) is 2.86. The SMILES string of the molecule is CCCCCCCCCCCCCCCCCCCCCC(=O)OC[C@H](O)COP(=O)(O)OCC[N+](C)(C)C. The monoisotopic (exact) mass is 580 g/mol. The molecule has 0 rings (SSSR count). The van der Waals surface area contributed by atoms with E-state index in [0.29, 0.717) is 17.4 Å². The van der Waals surface area contributed by atoms with Crippen LogP contribution in [0.2, 0.25) is 0 Å². The van der Waals surface area contributed by atoms with Gasteiger partial charge in [0.15, 0.2) is 0 Å². The standard InChI is InChI=1S/C30H62NO7P/c1-5-6-7-8-9-10-11-12-13-14-15-16-17-18-19-20-21-22-23-24-30(33)36-27-29(32)28-38-39(34,35)37-26-25-31(2,3)4/h29,32H,5-28H2,1-4H3/p+1/t29-/m0/s1. The van der Waals surface area contributed by atoms with Crippen molar-refractivity contribution in [3.8, 4) is 0 Å². The van der Waals surface area contributed by atoms with Gasteiger partial charge in [0.2, 0.25) is 0 Å². The van der Waals surface area contributed by atoms with Crippen molar-refractivity contribution in [1.82, 2.24) is 0 Å². The smallest absolute Gasteiger partial charge is 0.463 e. The molecule has 0 fully saturated rings. The third-order valence-corrected chi connectivity index (χ3v) is 7.85. The third-order valence-electron chi connectivity index (χ3n) is 6.87. The van der Waals surface area contributed by atoms with Crippen LogP contribution in [-0.2, 0) is 23.1 Å². The number of aliphatic hydroxyl groups excluding tert-OH is 1. The van der Waals surface area contributed by atoms with E-state index < -0.39 is 20.5 Å². The molecule has 0 saturated heterocycles. The number of phosphoric ester groups is 1. The van der Waals surface area contributed by atoms with Crippen LogP contribution in [0.25, 0.3) is 0 Å². The predicted octanol–water partition coefficient (Wildman–Crippen LogP) is 7.55. The lowest BCUT2D eigenvalue weighted by atomic mass is 10.0. The van der Waals surface area contributed by atoms with E-state index in [4.69, 9.17) is 13.8 Å². The number of nitrogens with zero attached hydrogens (tertiary/aromatic N) is 1. The Hall–Kier alpha value is -0.500. The molecule has 9 heteroatoms. The van der Waals surface area contributed by atoms with Crippen molar-refractivity contribution in [3.63, 3.8) is 0 Å². The second-order valence-electron chi connectivity index (χ2n) is 12.1. The predicted molar refractivity (Wildman–Crippen MR) is 160 cm³/mol. The quantitative estimate of drug-likeness (QED) is 0.0407. The summed E-state index contributed by atoms with van der Waals surface area (Å²) in [5.74, 6) is -0.368. The Morgan fingerprint density at radius 1 is 0.692 bits per heavy atom. The lowest BCUT2D eigenvalue weighted by molar-refractivity contribution is -0.870. The van der Waals surface area contributed by atoms with Crippen LogP contribution in [0.4, 0.5) is 0 Å². The van der Waals surface area contributed by atoms with Crippen LogP contribution >= 0.6 is 7.82 Å². The molecule has 0 radical (unpaired) electrons. The van der Waals surface area contributed by atoms with E-state index >= 15 is 0 Å². The molecule has 0 spiro atoms. The minimum Gasteiger partial charge on any atom is -0.463 e. The summed E-state index contributed by atoms with van der Waals surface area (Å²) in [4.78, 5) is 21.5. The number of carbonyl (C=O) groups is 1. The number of unbranched alkanes of at least 4 members (excludes halogenated alkanes) is 18. The van der Waals surface area contributed by atoms with E-state index in [9.17, 15) is 19.4 Å². The van der Waals surface area contributed by atoms with Crippen LogP contribution in [0.15, 0.2) is 0 Å². The summed E-state index contributed by atoms with van der Waals surface area (Å²) in [7, 11) is 1.57. The summed E-state index contributed by atoms with van der Waals surface area (Å²) in [5, 5.41) is 9.86. The summed E-state index contributed by atoms with van der Waals surface area (Å²) in [6.45, 7) is 2.16. The topological polar surface area (TPSA) is 102 Å². The molecule has 8 nitrogen and oxygen atoms in total. The number of hydrogen-bond acceptors (Lipinski definition) is 6.